The summed E-state index contributed by atoms with van der Waals surface area (Å²) in [5, 5.41) is 2.91. The number of esters is 1. The number of methoxy groups -OCH3 is 4. The van der Waals surface area contributed by atoms with Crippen LogP contribution < -0.4 is 19.5 Å². The average Bonchev–Trinajstić information content (AvgIpc) is 2.43. The maximum Gasteiger partial charge on any atom is 0.325 e. The zero-order valence-corrected chi connectivity index (χ0v) is 10.9. The van der Waals surface area contributed by atoms with E-state index >= 15 is 0 Å². The highest BCUT2D eigenvalue weighted by atomic mass is 16.5. The van der Waals surface area contributed by atoms with Crippen molar-refractivity contribution in [3.05, 3.63) is 12.1 Å². The molecule has 0 aromatic heterocycles. The van der Waals surface area contributed by atoms with Crippen LogP contribution in [0.1, 0.15) is 0 Å². The van der Waals surface area contributed by atoms with Crippen LogP contribution in [0.2, 0.25) is 0 Å². The van der Waals surface area contributed by atoms with E-state index in [0.29, 0.717) is 22.9 Å². The SMILES string of the molecule is COC(=O)CNc1cc(OC)c(OC)cc1OC. The second kappa shape index (κ2) is 6.58. The molecule has 1 rings (SSSR count). The molecule has 0 aliphatic heterocycles. The van der Waals surface area contributed by atoms with E-state index in [9.17, 15) is 4.79 Å². The number of rotatable bonds is 6. The Morgan fingerprint density at radius 2 is 1.56 bits per heavy atom. The van der Waals surface area contributed by atoms with E-state index in [1.54, 1.807) is 19.2 Å². The first-order chi connectivity index (χ1) is 8.65. The predicted octanol–water partition coefficient (Wildman–Crippen LogP) is 1.30. The normalized spacial score (nSPS) is 9.56. The van der Waals surface area contributed by atoms with Crippen LogP contribution in [-0.4, -0.2) is 41.0 Å². The van der Waals surface area contributed by atoms with E-state index in [1.165, 1.54) is 21.3 Å². The molecule has 0 spiro atoms. The first-order valence-corrected chi connectivity index (χ1v) is 5.27. The Bertz CT molecular complexity index is 419. The van der Waals surface area contributed by atoms with Crippen LogP contribution in [0.25, 0.3) is 0 Å². The molecule has 100 valence electrons. The average molecular weight is 255 g/mol. The summed E-state index contributed by atoms with van der Waals surface area (Å²) in [7, 11) is 5.94. The van der Waals surface area contributed by atoms with Gasteiger partial charge in [0, 0.05) is 12.1 Å². The van der Waals surface area contributed by atoms with Crippen molar-refractivity contribution < 1.29 is 23.7 Å². The highest BCUT2D eigenvalue weighted by Gasteiger charge is 2.12. The highest BCUT2D eigenvalue weighted by molar-refractivity contribution is 5.76. The minimum Gasteiger partial charge on any atom is -0.494 e. The van der Waals surface area contributed by atoms with E-state index in [1.807, 2.05) is 0 Å². The van der Waals surface area contributed by atoms with Crippen molar-refractivity contribution in [2.45, 2.75) is 0 Å². The van der Waals surface area contributed by atoms with Crippen LogP contribution in [0.15, 0.2) is 12.1 Å². The summed E-state index contributed by atoms with van der Waals surface area (Å²) in [6.45, 7) is 0.0440. The number of anilines is 1. The molecule has 0 radical (unpaired) electrons. The summed E-state index contributed by atoms with van der Waals surface area (Å²) in [5.74, 6) is 1.28. The first-order valence-electron chi connectivity index (χ1n) is 5.27. The van der Waals surface area contributed by atoms with Gasteiger partial charge in [-0.1, -0.05) is 0 Å². The van der Waals surface area contributed by atoms with Crippen LogP contribution in [-0.2, 0) is 9.53 Å². The van der Waals surface area contributed by atoms with Crippen molar-refractivity contribution in [3.8, 4) is 17.2 Å². The summed E-state index contributed by atoms with van der Waals surface area (Å²) >= 11 is 0. The summed E-state index contributed by atoms with van der Waals surface area (Å²) in [6.07, 6.45) is 0. The Hall–Kier alpha value is -2.11. The molecule has 1 aromatic carbocycles. The molecule has 1 N–H and O–H groups in total. The largest absolute Gasteiger partial charge is 0.494 e. The molecule has 0 amide bonds. The number of carbonyl (C=O) groups is 1. The van der Waals surface area contributed by atoms with Gasteiger partial charge < -0.3 is 24.3 Å². The lowest BCUT2D eigenvalue weighted by Crippen LogP contribution is -2.15. The van der Waals surface area contributed by atoms with Crippen molar-refractivity contribution in [1.29, 1.82) is 0 Å². The standard InChI is InChI=1S/C12H17NO5/c1-15-9-6-11(17-3)10(16-2)5-8(9)13-7-12(14)18-4/h5-6,13H,7H2,1-4H3. The monoisotopic (exact) mass is 255 g/mol. The molecule has 0 heterocycles. The van der Waals surface area contributed by atoms with Gasteiger partial charge in [-0.2, -0.15) is 0 Å². The van der Waals surface area contributed by atoms with Gasteiger partial charge in [-0.15, -0.1) is 0 Å². The molecular formula is C12H17NO5. The molecule has 1 aromatic rings. The Morgan fingerprint density at radius 3 is 2.06 bits per heavy atom. The summed E-state index contributed by atoms with van der Waals surface area (Å²) < 4.78 is 20.1. The van der Waals surface area contributed by atoms with Gasteiger partial charge in [0.2, 0.25) is 0 Å². The highest BCUT2D eigenvalue weighted by Crippen LogP contribution is 2.37. The molecule has 0 atom stereocenters. The number of benzene rings is 1. The third-order valence-corrected chi connectivity index (χ3v) is 2.36. The molecule has 6 heteroatoms. The van der Waals surface area contributed by atoms with E-state index in [2.05, 4.69) is 10.1 Å². The molecular weight excluding hydrogens is 238 g/mol. The summed E-state index contributed by atoms with van der Waals surface area (Å²) in [4.78, 5) is 11.1. The van der Waals surface area contributed by atoms with Crippen molar-refractivity contribution in [3.63, 3.8) is 0 Å². The van der Waals surface area contributed by atoms with Crippen LogP contribution in [0.3, 0.4) is 0 Å². The van der Waals surface area contributed by atoms with Gasteiger partial charge in [0.05, 0.1) is 34.1 Å². The Kier molecular flexibility index (Phi) is 5.10. The fourth-order valence-electron chi connectivity index (χ4n) is 1.41. The first kappa shape index (κ1) is 14.0. The van der Waals surface area contributed by atoms with Crippen LogP contribution in [0.5, 0.6) is 17.2 Å². The van der Waals surface area contributed by atoms with E-state index in [-0.39, 0.29) is 12.5 Å². The van der Waals surface area contributed by atoms with E-state index < -0.39 is 0 Å². The number of hydrogen-bond acceptors (Lipinski definition) is 6. The van der Waals surface area contributed by atoms with Crippen molar-refractivity contribution in [1.82, 2.24) is 0 Å². The van der Waals surface area contributed by atoms with Crippen LogP contribution in [0.4, 0.5) is 5.69 Å². The molecule has 0 aliphatic rings. The fourth-order valence-corrected chi connectivity index (χ4v) is 1.41. The van der Waals surface area contributed by atoms with E-state index in [0.717, 1.165) is 0 Å². The number of hydrogen-bond donors (Lipinski definition) is 1. The maximum atomic E-state index is 11.1. The van der Waals surface area contributed by atoms with Crippen molar-refractivity contribution in [2.24, 2.45) is 0 Å². The molecule has 0 saturated carbocycles. The lowest BCUT2D eigenvalue weighted by Gasteiger charge is -2.14. The Labute approximate surface area is 106 Å². The molecule has 0 bridgehead atoms. The Balaban J connectivity index is 2.98. The summed E-state index contributed by atoms with van der Waals surface area (Å²) in [5.41, 5.74) is 0.626. The zero-order chi connectivity index (χ0) is 13.5. The number of ether oxygens (including phenoxy) is 4. The van der Waals surface area contributed by atoms with Crippen LogP contribution in [0, 0.1) is 0 Å². The molecule has 0 unspecified atom stereocenters. The van der Waals surface area contributed by atoms with Gasteiger partial charge in [0.1, 0.15) is 12.3 Å². The van der Waals surface area contributed by atoms with Gasteiger partial charge >= 0.3 is 5.97 Å². The quantitative estimate of drug-likeness (QED) is 0.773. The minimum absolute atomic E-state index is 0.0440. The lowest BCUT2D eigenvalue weighted by molar-refractivity contribution is -0.138. The third kappa shape index (κ3) is 3.19. The molecule has 0 fully saturated rings. The molecule has 0 saturated heterocycles. The zero-order valence-electron chi connectivity index (χ0n) is 10.9. The molecule has 0 aliphatic carbocycles. The van der Waals surface area contributed by atoms with Gasteiger partial charge in [-0.05, 0) is 0 Å². The third-order valence-electron chi connectivity index (χ3n) is 2.36. The van der Waals surface area contributed by atoms with Gasteiger partial charge in [0.15, 0.2) is 11.5 Å². The van der Waals surface area contributed by atoms with E-state index in [4.69, 9.17) is 14.2 Å². The Morgan fingerprint density at radius 1 is 1.00 bits per heavy atom. The predicted molar refractivity (Wildman–Crippen MR) is 66.6 cm³/mol. The minimum atomic E-state index is -0.369. The number of nitrogens with one attached hydrogen (secondary N) is 1. The van der Waals surface area contributed by atoms with Crippen molar-refractivity contribution >= 4 is 11.7 Å². The van der Waals surface area contributed by atoms with Gasteiger partial charge in [-0.25, -0.2) is 0 Å². The van der Waals surface area contributed by atoms with Gasteiger partial charge in [-0.3, -0.25) is 4.79 Å². The number of carbonyl (C=O) groups excluding carboxylic acids is 1. The van der Waals surface area contributed by atoms with Gasteiger partial charge in [0.25, 0.3) is 0 Å². The lowest BCUT2D eigenvalue weighted by atomic mass is 10.2. The molecule has 6 nitrogen and oxygen atoms in total. The second-order valence-electron chi connectivity index (χ2n) is 3.34. The smallest absolute Gasteiger partial charge is 0.325 e. The summed E-state index contributed by atoms with van der Waals surface area (Å²) in [6, 6.07) is 3.37. The van der Waals surface area contributed by atoms with Crippen LogP contribution >= 0.6 is 0 Å². The molecule has 18 heavy (non-hydrogen) atoms. The second-order valence-corrected chi connectivity index (χ2v) is 3.34. The topological polar surface area (TPSA) is 66.0 Å². The maximum absolute atomic E-state index is 11.1. The fraction of sp³-hybridized carbons (Fsp3) is 0.417. The van der Waals surface area contributed by atoms with Crippen molar-refractivity contribution in [2.75, 3.05) is 40.3 Å².